The van der Waals surface area contributed by atoms with Crippen LogP contribution in [0.3, 0.4) is 0 Å². The molecule has 0 unspecified atom stereocenters. The molecule has 0 fully saturated rings. The third-order valence-corrected chi connectivity index (χ3v) is 1.37. The van der Waals surface area contributed by atoms with E-state index < -0.39 is 0 Å². The minimum Gasteiger partial charge on any atom is -0.375 e. The Balaban J connectivity index is 3.12. The van der Waals surface area contributed by atoms with Gasteiger partial charge in [-0.1, -0.05) is 13.8 Å². The average molecular weight is 173 g/mol. The smallest absolute Gasteiger partial charge is 0.0599 e. The molecule has 74 valence electrons. The highest BCUT2D eigenvalue weighted by Crippen LogP contribution is 2.04. The van der Waals surface area contributed by atoms with Crippen molar-refractivity contribution >= 4 is 0 Å². The van der Waals surface area contributed by atoms with E-state index in [-0.39, 0.29) is 5.60 Å². The van der Waals surface area contributed by atoms with Crippen molar-refractivity contribution in [1.29, 1.82) is 0 Å². The summed E-state index contributed by atoms with van der Waals surface area (Å²) in [5.74, 6) is 0.722. The molecule has 0 aliphatic carbocycles. The van der Waals surface area contributed by atoms with Crippen molar-refractivity contribution in [3.8, 4) is 0 Å². The summed E-state index contributed by atoms with van der Waals surface area (Å²) >= 11 is 0. The third kappa shape index (κ3) is 9.92. The fourth-order valence-electron chi connectivity index (χ4n) is 0.820. The quantitative estimate of drug-likeness (QED) is 0.642. The molecule has 0 radical (unpaired) electrons. The van der Waals surface area contributed by atoms with Crippen molar-refractivity contribution in [3.63, 3.8) is 0 Å². The van der Waals surface area contributed by atoms with E-state index in [0.29, 0.717) is 0 Å². The highest BCUT2D eigenvalue weighted by atomic mass is 16.5. The minimum absolute atomic E-state index is 0.000485. The molecule has 0 bridgehead atoms. The van der Waals surface area contributed by atoms with Crippen LogP contribution in [0.4, 0.5) is 0 Å². The van der Waals surface area contributed by atoms with Crippen LogP contribution in [0.5, 0.6) is 0 Å². The lowest BCUT2D eigenvalue weighted by molar-refractivity contribution is -0.000915. The molecule has 1 N–H and O–H groups in total. The van der Waals surface area contributed by atoms with Gasteiger partial charge >= 0.3 is 0 Å². The molecule has 2 heteroatoms. The van der Waals surface area contributed by atoms with Crippen molar-refractivity contribution in [3.05, 3.63) is 0 Å². The summed E-state index contributed by atoms with van der Waals surface area (Å²) in [5, 5.41) is 3.33. The zero-order chi connectivity index (χ0) is 9.61. The lowest BCUT2D eigenvalue weighted by Crippen LogP contribution is -2.28. The molecule has 0 saturated heterocycles. The highest BCUT2D eigenvalue weighted by Gasteiger charge is 2.08. The Morgan fingerprint density at radius 1 is 1.25 bits per heavy atom. The van der Waals surface area contributed by atoms with Crippen molar-refractivity contribution < 1.29 is 4.74 Å². The molecule has 0 aliphatic heterocycles. The number of ether oxygens (including phenoxy) is 1. The summed E-state index contributed by atoms with van der Waals surface area (Å²) in [6.07, 6.45) is 0. The molecular weight excluding hydrogens is 150 g/mol. The number of rotatable bonds is 5. The summed E-state index contributed by atoms with van der Waals surface area (Å²) < 4.78 is 5.55. The van der Waals surface area contributed by atoms with Crippen molar-refractivity contribution in [2.24, 2.45) is 5.92 Å². The van der Waals surface area contributed by atoms with Gasteiger partial charge in [0, 0.05) is 6.54 Å². The Kier molecular flexibility index (Phi) is 5.51. The summed E-state index contributed by atoms with van der Waals surface area (Å²) in [6.45, 7) is 13.5. The molecule has 0 spiro atoms. The molecular formula is C10H23NO. The van der Waals surface area contributed by atoms with Gasteiger partial charge in [0.15, 0.2) is 0 Å². The average Bonchev–Trinajstić information content (AvgIpc) is 1.83. The Labute approximate surface area is 76.7 Å². The third-order valence-electron chi connectivity index (χ3n) is 1.37. The SMILES string of the molecule is CC(C)CNCCOC(C)(C)C. The van der Waals surface area contributed by atoms with Crippen molar-refractivity contribution in [2.45, 2.75) is 40.2 Å². The number of hydrogen-bond acceptors (Lipinski definition) is 2. The minimum atomic E-state index is -0.000485. The first-order chi connectivity index (χ1) is 5.42. The summed E-state index contributed by atoms with van der Waals surface area (Å²) in [5.41, 5.74) is -0.000485. The van der Waals surface area contributed by atoms with Crippen LogP contribution in [0, 0.1) is 5.92 Å². The van der Waals surface area contributed by atoms with Gasteiger partial charge < -0.3 is 10.1 Å². The van der Waals surface area contributed by atoms with E-state index in [1.165, 1.54) is 0 Å². The van der Waals surface area contributed by atoms with Crippen molar-refractivity contribution in [2.75, 3.05) is 19.7 Å². The van der Waals surface area contributed by atoms with Gasteiger partial charge in [0.05, 0.1) is 12.2 Å². The van der Waals surface area contributed by atoms with Crippen molar-refractivity contribution in [1.82, 2.24) is 5.32 Å². The van der Waals surface area contributed by atoms with E-state index in [9.17, 15) is 0 Å². The van der Waals surface area contributed by atoms with Crippen LogP contribution < -0.4 is 5.32 Å². The monoisotopic (exact) mass is 173 g/mol. The maximum Gasteiger partial charge on any atom is 0.0599 e. The summed E-state index contributed by atoms with van der Waals surface area (Å²) in [7, 11) is 0. The number of nitrogens with one attached hydrogen (secondary N) is 1. The first-order valence-corrected chi connectivity index (χ1v) is 4.76. The first-order valence-electron chi connectivity index (χ1n) is 4.76. The van der Waals surface area contributed by atoms with Gasteiger partial charge in [-0.15, -0.1) is 0 Å². The molecule has 0 saturated carbocycles. The topological polar surface area (TPSA) is 21.3 Å². The van der Waals surface area contributed by atoms with Gasteiger partial charge in [-0.25, -0.2) is 0 Å². The Hall–Kier alpha value is -0.0800. The molecule has 0 heterocycles. The standard InChI is InChI=1S/C10H23NO/c1-9(2)8-11-6-7-12-10(3,4)5/h9,11H,6-8H2,1-5H3. The van der Waals surface area contributed by atoms with Crippen LogP contribution in [-0.4, -0.2) is 25.3 Å². The highest BCUT2D eigenvalue weighted by molar-refractivity contribution is 4.59. The van der Waals surface area contributed by atoms with Gasteiger partial charge in [0.1, 0.15) is 0 Å². The van der Waals surface area contributed by atoms with Gasteiger partial charge in [0.25, 0.3) is 0 Å². The van der Waals surface area contributed by atoms with Crippen LogP contribution in [0.2, 0.25) is 0 Å². The second-order valence-corrected chi connectivity index (χ2v) is 4.56. The van der Waals surface area contributed by atoms with Crippen LogP contribution in [0.15, 0.2) is 0 Å². The molecule has 0 atom stereocenters. The van der Waals surface area contributed by atoms with Crippen LogP contribution in [-0.2, 0) is 4.74 Å². The molecule has 0 aromatic rings. The maximum absolute atomic E-state index is 5.55. The van der Waals surface area contributed by atoms with Gasteiger partial charge in [-0.05, 0) is 33.2 Å². The molecule has 2 nitrogen and oxygen atoms in total. The van der Waals surface area contributed by atoms with E-state index in [0.717, 1.165) is 25.6 Å². The van der Waals surface area contributed by atoms with Crippen LogP contribution >= 0.6 is 0 Å². The van der Waals surface area contributed by atoms with E-state index in [4.69, 9.17) is 4.74 Å². The molecule has 0 aliphatic rings. The Bertz CT molecular complexity index is 105. The predicted octanol–water partition coefficient (Wildman–Crippen LogP) is 2.05. The Morgan fingerprint density at radius 2 is 1.83 bits per heavy atom. The molecule has 0 aromatic heterocycles. The van der Waals surface area contributed by atoms with E-state index in [1.807, 2.05) is 0 Å². The molecule has 0 amide bonds. The molecule has 0 rings (SSSR count). The van der Waals surface area contributed by atoms with E-state index in [1.54, 1.807) is 0 Å². The van der Waals surface area contributed by atoms with Gasteiger partial charge in [-0.3, -0.25) is 0 Å². The lowest BCUT2D eigenvalue weighted by atomic mass is 10.2. The second kappa shape index (κ2) is 5.55. The fraction of sp³-hybridized carbons (Fsp3) is 1.00. The fourth-order valence-corrected chi connectivity index (χ4v) is 0.820. The van der Waals surface area contributed by atoms with Crippen LogP contribution in [0.25, 0.3) is 0 Å². The molecule has 0 aromatic carbocycles. The van der Waals surface area contributed by atoms with Crippen LogP contribution in [0.1, 0.15) is 34.6 Å². The molecule has 12 heavy (non-hydrogen) atoms. The van der Waals surface area contributed by atoms with E-state index in [2.05, 4.69) is 39.9 Å². The lowest BCUT2D eigenvalue weighted by Gasteiger charge is -2.19. The summed E-state index contributed by atoms with van der Waals surface area (Å²) in [4.78, 5) is 0. The predicted molar refractivity (Wildman–Crippen MR) is 53.4 cm³/mol. The maximum atomic E-state index is 5.55. The summed E-state index contributed by atoms with van der Waals surface area (Å²) in [6, 6.07) is 0. The zero-order valence-corrected chi connectivity index (χ0v) is 9.11. The van der Waals surface area contributed by atoms with Gasteiger partial charge in [0.2, 0.25) is 0 Å². The van der Waals surface area contributed by atoms with Gasteiger partial charge in [-0.2, -0.15) is 0 Å². The number of hydrogen-bond donors (Lipinski definition) is 1. The first kappa shape index (κ1) is 11.9. The largest absolute Gasteiger partial charge is 0.375 e. The zero-order valence-electron chi connectivity index (χ0n) is 9.11. The normalized spacial score (nSPS) is 12.5. The van der Waals surface area contributed by atoms with E-state index >= 15 is 0 Å². The Morgan fingerprint density at radius 3 is 2.25 bits per heavy atom. The second-order valence-electron chi connectivity index (χ2n) is 4.56.